The van der Waals surface area contributed by atoms with Crippen LogP contribution in [0.1, 0.15) is 31.9 Å². The lowest BCUT2D eigenvalue weighted by Gasteiger charge is -2.21. The van der Waals surface area contributed by atoms with E-state index in [9.17, 15) is 22.0 Å². The van der Waals surface area contributed by atoms with Crippen molar-refractivity contribution < 1.29 is 22.0 Å². The molecule has 0 aromatic heterocycles. The van der Waals surface area contributed by atoms with Crippen LogP contribution in [-0.2, 0) is 0 Å². The second kappa shape index (κ2) is 5.65. The summed E-state index contributed by atoms with van der Waals surface area (Å²) < 4.78 is 62.7. The van der Waals surface area contributed by atoms with Gasteiger partial charge in [-0.25, -0.2) is 8.78 Å². The Labute approximate surface area is 102 Å². The zero-order valence-electron chi connectivity index (χ0n) is 9.98. The van der Waals surface area contributed by atoms with Crippen molar-refractivity contribution in [3.05, 3.63) is 35.4 Å². The highest BCUT2D eigenvalue weighted by Crippen LogP contribution is 2.24. The van der Waals surface area contributed by atoms with E-state index in [0.717, 1.165) is 18.2 Å². The van der Waals surface area contributed by atoms with Crippen molar-refractivity contribution in [3.63, 3.8) is 0 Å². The summed E-state index contributed by atoms with van der Waals surface area (Å²) in [5, 5.41) is 2.59. The van der Waals surface area contributed by atoms with Gasteiger partial charge in [0.15, 0.2) is 0 Å². The molecule has 0 heterocycles. The van der Waals surface area contributed by atoms with Gasteiger partial charge in [0.25, 0.3) is 0 Å². The minimum absolute atomic E-state index is 0.0176. The zero-order valence-corrected chi connectivity index (χ0v) is 9.98. The van der Waals surface area contributed by atoms with Crippen LogP contribution in [0.3, 0.4) is 0 Å². The summed E-state index contributed by atoms with van der Waals surface area (Å²) in [6.07, 6.45) is -5.30. The number of alkyl halides is 3. The molecule has 0 bridgehead atoms. The lowest BCUT2D eigenvalue weighted by molar-refractivity contribution is -0.139. The van der Waals surface area contributed by atoms with Crippen molar-refractivity contribution in [3.8, 4) is 0 Å². The Kier molecular flexibility index (Phi) is 4.67. The summed E-state index contributed by atoms with van der Waals surface area (Å²) >= 11 is 0. The molecule has 2 unspecified atom stereocenters. The maximum Gasteiger partial charge on any atom is 0.390 e. The molecule has 1 nitrogen and oxygen atoms in total. The van der Waals surface area contributed by atoms with Crippen LogP contribution in [0.15, 0.2) is 18.2 Å². The minimum Gasteiger partial charge on any atom is -0.307 e. The SMILES string of the molecule is CC(CC(F)(F)F)NC(C)c1cc(F)ccc1F. The number of nitrogens with one attached hydrogen (secondary N) is 1. The Balaban J connectivity index is 2.70. The Morgan fingerprint density at radius 2 is 1.78 bits per heavy atom. The third-order valence-electron chi connectivity index (χ3n) is 2.50. The molecule has 1 aromatic carbocycles. The van der Waals surface area contributed by atoms with Gasteiger partial charge in [0.2, 0.25) is 0 Å². The molecule has 0 radical (unpaired) electrons. The molecule has 102 valence electrons. The molecule has 0 aliphatic carbocycles. The zero-order chi connectivity index (χ0) is 13.9. The standard InChI is InChI=1S/C12H14F5N/c1-7(6-12(15,16)17)18-8(2)10-5-9(13)3-4-11(10)14/h3-5,7-8,18H,6H2,1-2H3. The topological polar surface area (TPSA) is 12.0 Å². The van der Waals surface area contributed by atoms with E-state index in [1.54, 1.807) is 0 Å². The molecule has 18 heavy (non-hydrogen) atoms. The van der Waals surface area contributed by atoms with Crippen LogP contribution in [0, 0.1) is 11.6 Å². The number of halogens is 5. The summed E-state index contributed by atoms with van der Waals surface area (Å²) in [5.41, 5.74) is 0.0176. The second-order valence-electron chi connectivity index (χ2n) is 4.27. The van der Waals surface area contributed by atoms with E-state index in [-0.39, 0.29) is 5.56 Å². The maximum atomic E-state index is 13.4. The molecule has 1 N–H and O–H groups in total. The van der Waals surface area contributed by atoms with E-state index >= 15 is 0 Å². The molecule has 0 amide bonds. The quantitative estimate of drug-likeness (QED) is 0.814. The highest BCUT2D eigenvalue weighted by molar-refractivity contribution is 5.21. The van der Waals surface area contributed by atoms with Crippen LogP contribution < -0.4 is 5.32 Å². The van der Waals surface area contributed by atoms with Crippen LogP contribution in [0.25, 0.3) is 0 Å². The third kappa shape index (κ3) is 4.60. The highest BCUT2D eigenvalue weighted by Gasteiger charge is 2.30. The summed E-state index contributed by atoms with van der Waals surface area (Å²) in [6, 6.07) is 1.33. The van der Waals surface area contributed by atoms with Crippen LogP contribution in [-0.4, -0.2) is 12.2 Å². The van der Waals surface area contributed by atoms with Gasteiger partial charge in [-0.2, -0.15) is 13.2 Å². The van der Waals surface area contributed by atoms with Crippen molar-refractivity contribution >= 4 is 0 Å². The summed E-state index contributed by atoms with van der Waals surface area (Å²) in [5.74, 6) is -1.26. The lowest BCUT2D eigenvalue weighted by atomic mass is 10.1. The van der Waals surface area contributed by atoms with Crippen molar-refractivity contribution in [1.82, 2.24) is 5.32 Å². The van der Waals surface area contributed by atoms with E-state index < -0.39 is 36.3 Å². The van der Waals surface area contributed by atoms with Gasteiger partial charge < -0.3 is 5.32 Å². The van der Waals surface area contributed by atoms with Gasteiger partial charge >= 0.3 is 6.18 Å². The fraction of sp³-hybridized carbons (Fsp3) is 0.500. The van der Waals surface area contributed by atoms with Gasteiger partial charge in [-0.3, -0.25) is 0 Å². The van der Waals surface area contributed by atoms with Crippen molar-refractivity contribution in [2.75, 3.05) is 0 Å². The van der Waals surface area contributed by atoms with Gasteiger partial charge in [0.1, 0.15) is 11.6 Å². The first-order chi connectivity index (χ1) is 8.19. The fourth-order valence-electron chi connectivity index (χ4n) is 1.77. The molecule has 1 rings (SSSR count). The van der Waals surface area contributed by atoms with Gasteiger partial charge in [-0.05, 0) is 32.0 Å². The van der Waals surface area contributed by atoms with E-state index in [4.69, 9.17) is 0 Å². The molecule has 2 atom stereocenters. The summed E-state index contributed by atoms with van der Waals surface area (Å²) in [7, 11) is 0. The Morgan fingerprint density at radius 1 is 1.17 bits per heavy atom. The third-order valence-corrected chi connectivity index (χ3v) is 2.50. The maximum absolute atomic E-state index is 13.4. The minimum atomic E-state index is -4.29. The average molecular weight is 267 g/mol. The van der Waals surface area contributed by atoms with Gasteiger partial charge in [0.05, 0.1) is 6.42 Å². The fourth-order valence-corrected chi connectivity index (χ4v) is 1.77. The molecule has 0 aliphatic rings. The Hall–Kier alpha value is -1.17. The molecular weight excluding hydrogens is 253 g/mol. The number of rotatable bonds is 4. The number of hydrogen-bond acceptors (Lipinski definition) is 1. The number of hydrogen-bond donors (Lipinski definition) is 1. The monoisotopic (exact) mass is 267 g/mol. The first kappa shape index (κ1) is 14.9. The molecule has 0 saturated heterocycles. The van der Waals surface area contributed by atoms with Crippen molar-refractivity contribution in [2.24, 2.45) is 0 Å². The first-order valence-corrected chi connectivity index (χ1v) is 5.47. The van der Waals surface area contributed by atoms with E-state index in [0.29, 0.717) is 0 Å². The molecule has 1 aromatic rings. The predicted octanol–water partition coefficient (Wildman–Crippen LogP) is 3.96. The van der Waals surface area contributed by atoms with Crippen molar-refractivity contribution in [2.45, 2.75) is 38.5 Å². The van der Waals surface area contributed by atoms with Crippen LogP contribution >= 0.6 is 0 Å². The van der Waals surface area contributed by atoms with Crippen LogP contribution in [0.5, 0.6) is 0 Å². The Morgan fingerprint density at radius 3 is 2.33 bits per heavy atom. The molecular formula is C12H14F5N. The van der Waals surface area contributed by atoms with Crippen molar-refractivity contribution in [1.29, 1.82) is 0 Å². The largest absolute Gasteiger partial charge is 0.390 e. The van der Waals surface area contributed by atoms with E-state index in [1.165, 1.54) is 13.8 Å². The average Bonchev–Trinajstić information content (AvgIpc) is 2.18. The highest BCUT2D eigenvalue weighted by atomic mass is 19.4. The van der Waals surface area contributed by atoms with Crippen LogP contribution in [0.4, 0.5) is 22.0 Å². The predicted molar refractivity (Wildman–Crippen MR) is 58.0 cm³/mol. The van der Waals surface area contributed by atoms with Gasteiger partial charge in [-0.15, -0.1) is 0 Å². The summed E-state index contributed by atoms with van der Waals surface area (Å²) in [6.45, 7) is 2.84. The van der Waals surface area contributed by atoms with E-state index in [2.05, 4.69) is 5.32 Å². The second-order valence-corrected chi connectivity index (χ2v) is 4.27. The van der Waals surface area contributed by atoms with Gasteiger partial charge in [-0.1, -0.05) is 0 Å². The smallest absolute Gasteiger partial charge is 0.307 e. The van der Waals surface area contributed by atoms with Crippen LogP contribution in [0.2, 0.25) is 0 Å². The molecule has 0 fully saturated rings. The number of benzene rings is 1. The molecule has 0 saturated carbocycles. The Bertz CT molecular complexity index is 402. The normalized spacial score (nSPS) is 15.5. The first-order valence-electron chi connectivity index (χ1n) is 5.47. The molecule has 0 aliphatic heterocycles. The molecule has 0 spiro atoms. The van der Waals surface area contributed by atoms with E-state index in [1.807, 2.05) is 0 Å². The summed E-state index contributed by atoms with van der Waals surface area (Å²) in [4.78, 5) is 0. The molecule has 6 heteroatoms. The lowest BCUT2D eigenvalue weighted by Crippen LogP contribution is -2.33. The van der Waals surface area contributed by atoms with Gasteiger partial charge in [0, 0.05) is 17.6 Å².